The maximum Gasteiger partial charge on any atom is 0.150 e. The molecule has 1 nitrogen and oxygen atoms in total. The maximum atomic E-state index is 13.9. The first-order chi connectivity index (χ1) is 13.2. The number of nitrogens with zero attached hydrogens (tertiary/aromatic N) is 1. The summed E-state index contributed by atoms with van der Waals surface area (Å²) in [5.41, 5.74) is 5.92. The summed E-state index contributed by atoms with van der Waals surface area (Å²) in [4.78, 5) is 3.68. The average molecular weight is 376 g/mol. The number of isothiocyanates is 1. The molecule has 0 aromatic heterocycles. The highest BCUT2D eigenvalue weighted by atomic mass is 32.1. The van der Waals surface area contributed by atoms with Crippen molar-refractivity contribution < 1.29 is 4.39 Å². The number of benzene rings is 2. The molecular formula is C24H22FNS. The second-order valence-electron chi connectivity index (χ2n) is 6.82. The minimum atomic E-state index is -0.440. The quantitative estimate of drug-likeness (QED) is 0.232. The van der Waals surface area contributed by atoms with Crippen LogP contribution in [-0.2, 0) is 6.42 Å². The lowest BCUT2D eigenvalue weighted by molar-refractivity contribution is 0.629. The molecule has 0 radical (unpaired) electrons. The molecule has 2 aromatic carbocycles. The minimum Gasteiger partial charge on any atom is -0.205 e. The van der Waals surface area contributed by atoms with Crippen molar-refractivity contribution in [1.82, 2.24) is 0 Å². The molecule has 0 aliphatic heterocycles. The van der Waals surface area contributed by atoms with Gasteiger partial charge in [-0.1, -0.05) is 55.7 Å². The highest BCUT2D eigenvalue weighted by molar-refractivity contribution is 7.78. The van der Waals surface area contributed by atoms with Crippen LogP contribution in [-0.4, -0.2) is 5.16 Å². The van der Waals surface area contributed by atoms with Gasteiger partial charge in [-0.2, -0.15) is 4.99 Å². The Morgan fingerprint density at radius 1 is 1.04 bits per heavy atom. The number of halogens is 1. The van der Waals surface area contributed by atoms with E-state index in [1.807, 2.05) is 6.07 Å². The molecule has 1 aliphatic carbocycles. The van der Waals surface area contributed by atoms with Crippen molar-refractivity contribution in [2.24, 2.45) is 4.99 Å². The van der Waals surface area contributed by atoms with E-state index in [4.69, 9.17) is 0 Å². The molecule has 0 amide bonds. The molecule has 0 unspecified atom stereocenters. The number of fused-ring (bicyclic) bond motifs is 1. The van der Waals surface area contributed by atoms with Crippen LogP contribution in [0.25, 0.3) is 6.08 Å². The zero-order chi connectivity index (χ0) is 19.1. The molecule has 1 aliphatic rings. The molecule has 0 fully saturated rings. The summed E-state index contributed by atoms with van der Waals surface area (Å²) in [6, 6.07) is 11.0. The third kappa shape index (κ3) is 5.23. The molecule has 0 saturated heterocycles. The Morgan fingerprint density at radius 2 is 1.81 bits per heavy atom. The van der Waals surface area contributed by atoms with E-state index < -0.39 is 5.82 Å². The van der Waals surface area contributed by atoms with Crippen LogP contribution in [0.4, 0.5) is 10.1 Å². The fourth-order valence-electron chi connectivity index (χ4n) is 3.30. The molecule has 3 heteroatoms. The van der Waals surface area contributed by atoms with E-state index in [0.29, 0.717) is 5.56 Å². The van der Waals surface area contributed by atoms with Crippen molar-refractivity contribution in [1.29, 1.82) is 0 Å². The predicted molar refractivity (Wildman–Crippen MR) is 114 cm³/mol. The van der Waals surface area contributed by atoms with Crippen LogP contribution in [0.2, 0.25) is 0 Å². The van der Waals surface area contributed by atoms with E-state index in [-0.39, 0.29) is 5.69 Å². The first kappa shape index (κ1) is 19.2. The number of rotatable bonds is 6. The van der Waals surface area contributed by atoms with Crippen molar-refractivity contribution in [3.63, 3.8) is 0 Å². The highest BCUT2D eigenvalue weighted by Gasteiger charge is 2.12. The lowest BCUT2D eigenvalue weighted by atomic mass is 10.0. The molecule has 3 rings (SSSR count). The molecule has 0 saturated carbocycles. The SMILES string of the molecule is CCCCCCC1=Cc2ccc(C#Cc3ccc(N=C=S)c(F)c3)cc2C1. The van der Waals surface area contributed by atoms with Gasteiger partial charge in [0.2, 0.25) is 0 Å². The normalized spacial score (nSPS) is 11.9. The molecule has 2 aromatic rings. The summed E-state index contributed by atoms with van der Waals surface area (Å²) >= 11 is 4.51. The van der Waals surface area contributed by atoms with Crippen molar-refractivity contribution in [3.05, 3.63) is 70.0 Å². The van der Waals surface area contributed by atoms with E-state index in [2.05, 4.69) is 59.3 Å². The zero-order valence-corrected chi connectivity index (χ0v) is 16.3. The topological polar surface area (TPSA) is 12.4 Å². The Balaban J connectivity index is 1.67. The lowest BCUT2D eigenvalue weighted by Gasteiger charge is -2.02. The summed E-state index contributed by atoms with van der Waals surface area (Å²) in [5, 5.41) is 2.18. The van der Waals surface area contributed by atoms with Gasteiger partial charge in [0.15, 0.2) is 5.82 Å². The number of unbranched alkanes of at least 4 members (excludes halogenated alkanes) is 3. The van der Waals surface area contributed by atoms with Gasteiger partial charge in [-0.3, -0.25) is 0 Å². The van der Waals surface area contributed by atoms with Crippen LogP contribution in [0.15, 0.2) is 47.0 Å². The molecule has 0 spiro atoms. The number of hydrogen-bond acceptors (Lipinski definition) is 2. The van der Waals surface area contributed by atoms with Crippen LogP contribution in [0.5, 0.6) is 0 Å². The smallest absolute Gasteiger partial charge is 0.150 e. The van der Waals surface area contributed by atoms with Crippen molar-refractivity contribution >= 4 is 29.1 Å². The predicted octanol–water partition coefficient (Wildman–Crippen LogP) is 6.87. The van der Waals surface area contributed by atoms with Crippen LogP contribution in [0.3, 0.4) is 0 Å². The number of aliphatic imine (C=N–C) groups is 1. The first-order valence-corrected chi connectivity index (χ1v) is 9.82. The summed E-state index contributed by atoms with van der Waals surface area (Å²) in [6.07, 6.45) is 9.71. The van der Waals surface area contributed by atoms with E-state index in [1.165, 1.54) is 54.9 Å². The molecule has 0 atom stereocenters. The van der Waals surface area contributed by atoms with Crippen molar-refractivity contribution in [2.75, 3.05) is 0 Å². The molecular weight excluding hydrogens is 353 g/mol. The molecule has 27 heavy (non-hydrogen) atoms. The summed E-state index contributed by atoms with van der Waals surface area (Å²) in [6.45, 7) is 2.24. The van der Waals surface area contributed by atoms with Gasteiger partial charge in [0, 0.05) is 11.1 Å². The van der Waals surface area contributed by atoms with Crippen molar-refractivity contribution in [2.45, 2.75) is 45.4 Å². The van der Waals surface area contributed by atoms with Crippen LogP contribution in [0, 0.1) is 17.7 Å². The number of thiocarbonyl (C=S) groups is 1. The van der Waals surface area contributed by atoms with E-state index in [0.717, 1.165) is 12.0 Å². The Labute approximate surface area is 166 Å². The molecule has 0 N–H and O–H groups in total. The summed E-state index contributed by atoms with van der Waals surface area (Å²) in [5.74, 6) is 5.72. The Kier molecular flexibility index (Phi) is 6.71. The molecule has 0 bridgehead atoms. The number of hydrogen-bond donors (Lipinski definition) is 0. The second-order valence-corrected chi connectivity index (χ2v) is 7.01. The highest BCUT2D eigenvalue weighted by Crippen LogP contribution is 2.29. The van der Waals surface area contributed by atoms with Gasteiger partial charge >= 0.3 is 0 Å². The Hall–Kier alpha value is -2.53. The van der Waals surface area contributed by atoms with Gasteiger partial charge in [0.05, 0.1) is 5.16 Å². The zero-order valence-electron chi connectivity index (χ0n) is 15.5. The van der Waals surface area contributed by atoms with Gasteiger partial charge in [0.25, 0.3) is 0 Å². The summed E-state index contributed by atoms with van der Waals surface area (Å²) in [7, 11) is 0. The molecule has 0 heterocycles. The first-order valence-electron chi connectivity index (χ1n) is 9.41. The Bertz CT molecular complexity index is 972. The van der Waals surface area contributed by atoms with Gasteiger partial charge in [-0.05, 0) is 72.9 Å². The third-order valence-corrected chi connectivity index (χ3v) is 4.83. The van der Waals surface area contributed by atoms with Crippen LogP contribution < -0.4 is 0 Å². The maximum absolute atomic E-state index is 13.9. The summed E-state index contributed by atoms with van der Waals surface area (Å²) < 4.78 is 13.9. The van der Waals surface area contributed by atoms with Gasteiger partial charge in [-0.15, -0.1) is 0 Å². The number of allylic oxidation sites excluding steroid dienone is 1. The van der Waals surface area contributed by atoms with E-state index in [1.54, 1.807) is 12.1 Å². The average Bonchev–Trinajstić information content (AvgIpc) is 3.08. The third-order valence-electron chi connectivity index (χ3n) is 4.74. The fourth-order valence-corrected chi connectivity index (χ4v) is 3.40. The van der Waals surface area contributed by atoms with Gasteiger partial charge in [0.1, 0.15) is 5.69 Å². The van der Waals surface area contributed by atoms with Crippen molar-refractivity contribution in [3.8, 4) is 11.8 Å². The molecule has 136 valence electrons. The Morgan fingerprint density at radius 3 is 2.56 bits per heavy atom. The minimum absolute atomic E-state index is 0.186. The standard InChI is InChI=1S/C24H22FNS/c1-2-3-4-5-6-20-14-21-11-9-18(13-22(21)15-20)7-8-19-10-12-24(26-17-27)23(25)16-19/h9-14,16H,2-6,15H2,1H3. The fraction of sp³-hybridized carbons (Fsp3) is 0.292. The van der Waals surface area contributed by atoms with Crippen LogP contribution >= 0.6 is 12.2 Å². The van der Waals surface area contributed by atoms with E-state index in [9.17, 15) is 4.39 Å². The van der Waals surface area contributed by atoms with Crippen LogP contribution in [0.1, 0.15) is 61.3 Å². The van der Waals surface area contributed by atoms with E-state index >= 15 is 0 Å². The lowest BCUT2D eigenvalue weighted by Crippen LogP contribution is -1.88. The second kappa shape index (κ2) is 9.42. The van der Waals surface area contributed by atoms with Gasteiger partial charge < -0.3 is 0 Å². The largest absolute Gasteiger partial charge is 0.205 e. The monoisotopic (exact) mass is 375 g/mol. The van der Waals surface area contributed by atoms with Gasteiger partial charge in [-0.25, -0.2) is 4.39 Å².